The number of hydrogen-bond donors (Lipinski definition) is 6. The van der Waals surface area contributed by atoms with Crippen molar-refractivity contribution >= 4 is 33.4 Å². The zero-order valence-electron chi connectivity index (χ0n) is 40.2. The molecule has 0 radical (unpaired) electrons. The molecule has 2 heterocycles. The van der Waals surface area contributed by atoms with Gasteiger partial charge in [0.15, 0.2) is 12.3 Å². The van der Waals surface area contributed by atoms with Crippen molar-refractivity contribution in [1.29, 1.82) is 0 Å². The lowest BCUT2D eigenvalue weighted by Crippen LogP contribution is -2.36. The first-order valence-electron chi connectivity index (χ1n) is 24.2. The fourth-order valence-electron chi connectivity index (χ4n) is 6.84. The van der Waals surface area contributed by atoms with Gasteiger partial charge in [-0.2, -0.15) is 9.29 Å². The van der Waals surface area contributed by atoms with E-state index < -0.39 is 89.8 Å². The average Bonchev–Trinajstić information content (AvgIpc) is 3.57. The summed E-state index contributed by atoms with van der Waals surface area (Å²) in [7, 11) is -10.9. The molecule has 3 unspecified atom stereocenters. The van der Waals surface area contributed by atoms with Gasteiger partial charge < -0.3 is 45.1 Å². The summed E-state index contributed by atoms with van der Waals surface area (Å²) in [6.45, 7) is 4.26. The van der Waals surface area contributed by atoms with Crippen molar-refractivity contribution in [2.75, 3.05) is 25.6 Å². The maximum absolute atomic E-state index is 12.8. The number of nitrogens with zero attached hydrogens (tertiary/aromatic N) is 2. The molecule has 388 valence electrons. The first kappa shape index (κ1) is 60.8. The van der Waals surface area contributed by atoms with Crippen LogP contribution < -0.4 is 11.4 Å². The lowest BCUT2D eigenvalue weighted by Gasteiger charge is -2.21. The van der Waals surface area contributed by atoms with E-state index in [9.17, 15) is 48.6 Å². The van der Waals surface area contributed by atoms with Gasteiger partial charge in [-0.15, -0.1) is 0 Å². The average molecular weight is 1000 g/mol. The molecule has 1 saturated heterocycles. The van der Waals surface area contributed by atoms with Gasteiger partial charge in [-0.1, -0.05) is 140 Å². The summed E-state index contributed by atoms with van der Waals surface area (Å²) in [5.41, 5.74) is 4.57. The van der Waals surface area contributed by atoms with Crippen molar-refractivity contribution < 1.29 is 71.4 Å². The van der Waals surface area contributed by atoms with Crippen molar-refractivity contribution in [3.8, 4) is 0 Å². The lowest BCUT2D eigenvalue weighted by molar-refractivity contribution is -0.161. The molecule has 68 heavy (non-hydrogen) atoms. The number of nitrogens with two attached hydrogens (primary N) is 1. The van der Waals surface area contributed by atoms with Crippen LogP contribution in [-0.2, 0) is 46.3 Å². The van der Waals surface area contributed by atoms with Crippen LogP contribution in [0.4, 0.5) is 5.82 Å². The maximum atomic E-state index is 12.8. The molecule has 21 heteroatoms. The van der Waals surface area contributed by atoms with Gasteiger partial charge in [-0.05, 0) is 56.9 Å². The molecule has 2 rings (SSSR count). The van der Waals surface area contributed by atoms with E-state index in [1.165, 1.54) is 51.0 Å². The second kappa shape index (κ2) is 34.9. The number of anilines is 1. The summed E-state index contributed by atoms with van der Waals surface area (Å²) in [4.78, 5) is 61.7. The van der Waals surface area contributed by atoms with E-state index in [-0.39, 0.29) is 18.7 Å². The number of aliphatic hydroxyl groups is 3. The zero-order valence-corrected chi connectivity index (χ0v) is 42.0. The topological polar surface area (TPSA) is 286 Å². The number of carbonyl (C=O) groups is 2. The van der Waals surface area contributed by atoms with Crippen LogP contribution in [0.15, 0.2) is 65.7 Å². The SMILES string of the molecule is CCCCC/C=C\C[C@H](O)/C=C/C=C\C/C=C\CCCC(=O)O[C@H](COC(=O)CCCCCCCCCCC(C)CC)COP(=O)(O)OP(=O)(O)OC[C@H]1O[C@@H](n2ccc(N)nc2=O)[C@H](O)[C@@H]1O. The molecule has 9 atom stereocenters. The number of allylic oxidation sites excluding steroid dienone is 6. The summed E-state index contributed by atoms with van der Waals surface area (Å²) in [5.74, 6) is -0.649. The minimum atomic E-state index is -5.44. The third-order valence-electron chi connectivity index (χ3n) is 11.0. The molecule has 0 spiro atoms. The van der Waals surface area contributed by atoms with Crippen molar-refractivity contribution in [3.05, 3.63) is 71.4 Å². The van der Waals surface area contributed by atoms with Crippen molar-refractivity contribution in [2.24, 2.45) is 5.92 Å². The van der Waals surface area contributed by atoms with E-state index in [1.54, 1.807) is 12.2 Å². The van der Waals surface area contributed by atoms with E-state index >= 15 is 0 Å². The minimum Gasteiger partial charge on any atom is -0.462 e. The Hall–Kier alpha value is -3.32. The van der Waals surface area contributed by atoms with Gasteiger partial charge in [0.2, 0.25) is 0 Å². The van der Waals surface area contributed by atoms with Crippen LogP contribution in [0.3, 0.4) is 0 Å². The van der Waals surface area contributed by atoms with Gasteiger partial charge in [0, 0.05) is 19.0 Å². The Kier molecular flexibility index (Phi) is 31.2. The number of phosphoric acid groups is 2. The van der Waals surface area contributed by atoms with Crippen LogP contribution in [0.25, 0.3) is 0 Å². The van der Waals surface area contributed by atoms with Crippen LogP contribution in [0.1, 0.15) is 155 Å². The first-order valence-corrected chi connectivity index (χ1v) is 27.1. The van der Waals surface area contributed by atoms with E-state index in [4.69, 9.17) is 29.0 Å². The Morgan fingerprint density at radius 3 is 2.21 bits per heavy atom. The quantitative estimate of drug-likeness (QED) is 0.0120. The number of hydrogen-bond acceptors (Lipinski definition) is 16. The van der Waals surface area contributed by atoms with Gasteiger partial charge in [0.05, 0.1) is 19.3 Å². The number of phosphoric ester groups is 2. The third kappa shape index (κ3) is 27.8. The smallest absolute Gasteiger partial charge is 0.462 e. The summed E-state index contributed by atoms with van der Waals surface area (Å²) < 4.78 is 56.6. The van der Waals surface area contributed by atoms with Crippen molar-refractivity contribution in [1.82, 2.24) is 9.55 Å². The van der Waals surface area contributed by atoms with Gasteiger partial charge in [-0.3, -0.25) is 23.2 Å². The summed E-state index contributed by atoms with van der Waals surface area (Å²) in [6, 6.07) is 1.24. The zero-order chi connectivity index (χ0) is 50.2. The molecule has 0 aliphatic carbocycles. The molecule has 1 fully saturated rings. The monoisotopic (exact) mass is 1000 g/mol. The number of rotatable bonds is 38. The second-order valence-electron chi connectivity index (χ2n) is 17.1. The molecule has 1 aliphatic rings. The predicted octanol–water partition coefficient (Wildman–Crippen LogP) is 8.21. The number of unbranched alkanes of at least 4 members (excludes halogenated alkanes) is 11. The molecule has 7 N–H and O–H groups in total. The Labute approximate surface area is 402 Å². The maximum Gasteiger partial charge on any atom is 0.481 e. The molecule has 1 aromatic rings. The van der Waals surface area contributed by atoms with E-state index in [1.807, 2.05) is 30.4 Å². The molecule has 0 amide bonds. The highest BCUT2D eigenvalue weighted by atomic mass is 31.3. The molecule has 1 aromatic heterocycles. The third-order valence-corrected chi connectivity index (χ3v) is 13.6. The first-order chi connectivity index (χ1) is 32.5. The normalized spacial score (nSPS) is 20.8. The number of carbonyl (C=O) groups excluding carboxylic acids is 2. The van der Waals surface area contributed by atoms with Gasteiger partial charge in [-0.25, -0.2) is 13.9 Å². The van der Waals surface area contributed by atoms with E-state index in [2.05, 4.69) is 36.1 Å². The fourth-order valence-corrected chi connectivity index (χ4v) is 8.95. The number of ether oxygens (including phenoxy) is 3. The Balaban J connectivity index is 1.87. The Bertz CT molecular complexity index is 1860. The molecule has 1 aliphatic heterocycles. The predicted molar refractivity (Wildman–Crippen MR) is 258 cm³/mol. The number of esters is 2. The van der Waals surface area contributed by atoms with Crippen LogP contribution >= 0.6 is 15.6 Å². The largest absolute Gasteiger partial charge is 0.481 e. The second-order valence-corrected chi connectivity index (χ2v) is 20.1. The van der Waals surface area contributed by atoms with Crippen LogP contribution in [0.5, 0.6) is 0 Å². The highest BCUT2D eigenvalue weighted by Gasteiger charge is 2.46. The summed E-state index contributed by atoms with van der Waals surface area (Å²) >= 11 is 0. The van der Waals surface area contributed by atoms with Gasteiger partial charge >= 0.3 is 33.3 Å². The fraction of sp³-hybridized carbons (Fsp3) is 0.702. The van der Waals surface area contributed by atoms with E-state index in [0.29, 0.717) is 32.1 Å². The molecule has 19 nitrogen and oxygen atoms in total. The molecule has 0 saturated carbocycles. The van der Waals surface area contributed by atoms with Crippen LogP contribution in [0, 0.1) is 5.92 Å². The number of aliphatic hydroxyl groups excluding tert-OH is 3. The van der Waals surface area contributed by atoms with Gasteiger partial charge in [0.25, 0.3) is 0 Å². The minimum absolute atomic E-state index is 0.0583. The van der Waals surface area contributed by atoms with Crippen molar-refractivity contribution in [3.63, 3.8) is 0 Å². The van der Waals surface area contributed by atoms with Crippen molar-refractivity contribution in [2.45, 2.75) is 186 Å². The van der Waals surface area contributed by atoms with Gasteiger partial charge in [0.1, 0.15) is 30.7 Å². The number of nitrogen functional groups attached to an aromatic ring is 1. The van der Waals surface area contributed by atoms with Crippen LogP contribution in [-0.4, -0.2) is 96.9 Å². The summed E-state index contributed by atoms with van der Waals surface area (Å²) in [6.07, 6.45) is 25.3. The molecular formula is C47H79N3O16P2. The Morgan fingerprint density at radius 2 is 1.50 bits per heavy atom. The standard InChI is InChI=1S/C47H79N3O16P2/c1-4-6-7-8-18-23-28-38(51)29-24-19-14-10-12-16-21-26-31-43(53)64-39(34-61-42(52)30-25-20-15-11-9-13-17-22-27-37(3)5-2)35-62-67(57,58)66-68(59,60)63-36-40-44(54)45(55)46(65-40)50-33-32-41(48)49-47(50)56/h12,14,16,18-19,23-24,29,32-33,37-40,44-46,51,54-55H,4-11,13,15,17,20-22,25-28,30-31,34-36H2,1-3H3,(H,57,58)(H,59,60)(H2,48,49,56)/b16-12-,19-14-,23-18-,29-24+/t37?,38-,39+,40+,44+,45+,46+/m0/s1. The van der Waals surface area contributed by atoms with E-state index in [0.717, 1.165) is 55.2 Å². The highest BCUT2D eigenvalue weighted by Crippen LogP contribution is 2.60. The molecule has 0 aromatic carbocycles. The lowest BCUT2D eigenvalue weighted by atomic mass is 9.99. The molecular weight excluding hydrogens is 924 g/mol. The number of aromatic nitrogens is 2. The highest BCUT2D eigenvalue weighted by molar-refractivity contribution is 7.61. The Morgan fingerprint density at radius 1 is 0.838 bits per heavy atom. The van der Waals surface area contributed by atoms with Crippen LogP contribution in [0.2, 0.25) is 0 Å². The molecule has 0 bridgehead atoms. The summed E-state index contributed by atoms with van der Waals surface area (Å²) in [5, 5.41) is 31.0.